The summed E-state index contributed by atoms with van der Waals surface area (Å²) in [7, 11) is 0. The van der Waals surface area contributed by atoms with Crippen molar-refractivity contribution in [3.8, 4) is 0 Å². The number of benzene rings is 1. The van der Waals surface area contributed by atoms with Gasteiger partial charge in [0, 0.05) is 4.91 Å². The molecular weight excluding hydrogens is 212 g/mol. The van der Waals surface area contributed by atoms with Gasteiger partial charge in [0.2, 0.25) is 0 Å². The minimum Gasteiger partial charge on any atom is -0.0949 e. The maximum atomic E-state index is 2.16. The van der Waals surface area contributed by atoms with Gasteiger partial charge in [-0.25, -0.2) is 0 Å². The number of thioether (sulfide) groups is 1. The summed E-state index contributed by atoms with van der Waals surface area (Å²) in [5, 5.41) is 0. The van der Waals surface area contributed by atoms with E-state index in [1.807, 2.05) is 31.7 Å². The van der Waals surface area contributed by atoms with Crippen LogP contribution < -0.4 is 0 Å². The Labute approximate surface area is 104 Å². The fourth-order valence-corrected chi connectivity index (χ4v) is 1.96. The van der Waals surface area contributed by atoms with Crippen LogP contribution in [-0.4, -0.2) is 0 Å². The summed E-state index contributed by atoms with van der Waals surface area (Å²) in [6, 6.07) is 10.5. The van der Waals surface area contributed by atoms with Crippen molar-refractivity contribution in [3.05, 3.63) is 53.0 Å². The zero-order valence-corrected chi connectivity index (χ0v) is 11.8. The maximum Gasteiger partial charge on any atom is 0.0148 e. The van der Waals surface area contributed by atoms with Gasteiger partial charge < -0.3 is 0 Å². The molecule has 0 radical (unpaired) electrons. The summed E-state index contributed by atoms with van der Waals surface area (Å²) in [5.41, 5.74) is 1.29. The normalized spacial score (nSPS) is 11.8. The highest BCUT2D eigenvalue weighted by Crippen LogP contribution is 2.32. The fourth-order valence-electron chi connectivity index (χ4n) is 1.12. The van der Waals surface area contributed by atoms with E-state index in [1.165, 1.54) is 15.4 Å². The van der Waals surface area contributed by atoms with Crippen molar-refractivity contribution in [2.24, 2.45) is 0 Å². The van der Waals surface area contributed by atoms with Crippen molar-refractivity contribution >= 4 is 16.7 Å². The Hall–Kier alpha value is -0.950. The second kappa shape index (κ2) is 9.29. The van der Waals surface area contributed by atoms with Crippen molar-refractivity contribution in [3.63, 3.8) is 0 Å². The van der Waals surface area contributed by atoms with E-state index >= 15 is 0 Å². The largest absolute Gasteiger partial charge is 0.0949 e. The summed E-state index contributed by atoms with van der Waals surface area (Å²) in [6.07, 6.45) is 4.30. The third kappa shape index (κ3) is 5.22. The highest BCUT2D eigenvalue weighted by atomic mass is 32.2. The Morgan fingerprint density at radius 3 is 2.00 bits per heavy atom. The minimum absolute atomic E-state index is 1.29. The lowest BCUT2D eigenvalue weighted by atomic mass is 10.2. The lowest BCUT2D eigenvalue weighted by molar-refractivity contribution is 1.50. The number of hydrogen-bond donors (Lipinski definition) is 0. The molecule has 1 rings (SSSR count). The molecule has 0 aliphatic heterocycles. The first-order valence-electron chi connectivity index (χ1n) is 5.80. The first kappa shape index (κ1) is 15.0. The average molecular weight is 234 g/mol. The van der Waals surface area contributed by atoms with Gasteiger partial charge in [0.05, 0.1) is 0 Å². The van der Waals surface area contributed by atoms with Crippen LogP contribution in [0.25, 0.3) is 4.91 Å². The monoisotopic (exact) mass is 234 g/mol. The lowest BCUT2D eigenvalue weighted by Crippen LogP contribution is -1.78. The van der Waals surface area contributed by atoms with E-state index in [-0.39, 0.29) is 0 Å². The van der Waals surface area contributed by atoms with E-state index in [1.54, 1.807) is 0 Å². The molecule has 0 spiro atoms. The van der Waals surface area contributed by atoms with Crippen LogP contribution in [0, 0.1) is 0 Å². The maximum absolute atomic E-state index is 2.16. The van der Waals surface area contributed by atoms with Crippen LogP contribution in [0.15, 0.2) is 47.4 Å². The van der Waals surface area contributed by atoms with Crippen molar-refractivity contribution in [1.82, 2.24) is 0 Å². The summed E-state index contributed by atoms with van der Waals surface area (Å²) in [5.74, 6) is 0. The van der Waals surface area contributed by atoms with Gasteiger partial charge >= 0.3 is 0 Å². The molecule has 0 aliphatic rings. The quantitative estimate of drug-likeness (QED) is 0.643. The van der Waals surface area contributed by atoms with Gasteiger partial charge in [-0.2, -0.15) is 0 Å². The van der Waals surface area contributed by atoms with E-state index in [9.17, 15) is 0 Å². The molecule has 0 aliphatic carbocycles. The van der Waals surface area contributed by atoms with Gasteiger partial charge in [0.1, 0.15) is 0 Å². The van der Waals surface area contributed by atoms with E-state index in [0.717, 1.165) is 0 Å². The molecule has 1 aromatic rings. The first-order chi connectivity index (χ1) is 7.77. The van der Waals surface area contributed by atoms with Crippen LogP contribution in [0.5, 0.6) is 0 Å². The molecule has 0 heterocycles. The lowest BCUT2D eigenvalue weighted by Gasteiger charge is -2.06. The predicted molar refractivity (Wildman–Crippen MR) is 78.5 cm³/mol. The molecule has 0 N–H and O–H groups in total. The zero-order chi connectivity index (χ0) is 12.4. The molecule has 0 unspecified atom stereocenters. The Bertz CT molecular complexity index is 334. The first-order valence-corrected chi connectivity index (χ1v) is 6.62. The van der Waals surface area contributed by atoms with Gasteiger partial charge in [-0.3, -0.25) is 0 Å². The fraction of sp³-hybridized carbons (Fsp3) is 0.333. The standard InChI is InChI=1S/C13H16S.C2H6/c1-4-11(3)14-13(5-2)12-9-7-6-8-10-12;1-2/h4-10H,1-3H3;1-2H3/b11-4-,13-5-;. The number of rotatable bonds is 3. The summed E-state index contributed by atoms with van der Waals surface area (Å²) in [6.45, 7) is 10.3. The highest BCUT2D eigenvalue weighted by Gasteiger charge is 2.00. The Kier molecular flexibility index (Phi) is 8.74. The van der Waals surface area contributed by atoms with Crippen LogP contribution in [0.1, 0.15) is 40.2 Å². The molecule has 0 atom stereocenters. The molecular formula is C15H22S. The van der Waals surface area contributed by atoms with E-state index in [2.05, 4.69) is 57.2 Å². The molecule has 0 saturated carbocycles. The smallest absolute Gasteiger partial charge is 0.0148 e. The van der Waals surface area contributed by atoms with Gasteiger partial charge in [-0.05, 0) is 31.2 Å². The summed E-state index contributed by atoms with van der Waals surface area (Å²) < 4.78 is 0. The Morgan fingerprint density at radius 1 is 1.00 bits per heavy atom. The minimum atomic E-state index is 1.29. The van der Waals surface area contributed by atoms with E-state index in [0.29, 0.717) is 0 Å². The zero-order valence-electron chi connectivity index (χ0n) is 10.9. The van der Waals surface area contributed by atoms with Crippen molar-refractivity contribution in [2.45, 2.75) is 34.6 Å². The van der Waals surface area contributed by atoms with Crippen molar-refractivity contribution in [1.29, 1.82) is 0 Å². The highest BCUT2D eigenvalue weighted by molar-refractivity contribution is 8.11. The predicted octanol–water partition coefficient (Wildman–Crippen LogP) is 5.73. The third-order valence-corrected chi connectivity index (χ3v) is 3.25. The summed E-state index contributed by atoms with van der Waals surface area (Å²) >= 11 is 1.82. The van der Waals surface area contributed by atoms with Gasteiger partial charge in [-0.1, -0.05) is 68.1 Å². The van der Waals surface area contributed by atoms with Crippen LogP contribution >= 0.6 is 11.8 Å². The molecule has 16 heavy (non-hydrogen) atoms. The topological polar surface area (TPSA) is 0 Å². The second-order valence-electron chi connectivity index (χ2n) is 3.02. The van der Waals surface area contributed by atoms with Crippen LogP contribution in [0.2, 0.25) is 0 Å². The molecule has 0 fully saturated rings. The van der Waals surface area contributed by atoms with Crippen LogP contribution in [0.3, 0.4) is 0 Å². The summed E-state index contributed by atoms with van der Waals surface area (Å²) in [4.78, 5) is 2.66. The third-order valence-electron chi connectivity index (χ3n) is 2.00. The van der Waals surface area contributed by atoms with E-state index < -0.39 is 0 Å². The van der Waals surface area contributed by atoms with Crippen LogP contribution in [0.4, 0.5) is 0 Å². The molecule has 1 heteroatoms. The molecule has 0 amide bonds. The van der Waals surface area contributed by atoms with Crippen molar-refractivity contribution < 1.29 is 0 Å². The number of hydrogen-bond acceptors (Lipinski definition) is 1. The molecule has 0 saturated heterocycles. The Balaban J connectivity index is 0.00000106. The van der Waals surface area contributed by atoms with Gasteiger partial charge in [0.15, 0.2) is 0 Å². The molecule has 0 nitrogen and oxygen atoms in total. The van der Waals surface area contributed by atoms with Crippen molar-refractivity contribution in [2.75, 3.05) is 0 Å². The Morgan fingerprint density at radius 2 is 1.56 bits per heavy atom. The molecule has 0 bridgehead atoms. The van der Waals surface area contributed by atoms with Crippen LogP contribution in [-0.2, 0) is 0 Å². The SMILES string of the molecule is C/C=C(/C)S/C(=C\C)c1ccccc1.CC. The molecule has 88 valence electrons. The van der Waals surface area contributed by atoms with E-state index in [4.69, 9.17) is 0 Å². The van der Waals surface area contributed by atoms with Gasteiger partial charge in [-0.15, -0.1) is 0 Å². The number of allylic oxidation sites excluding steroid dienone is 3. The average Bonchev–Trinajstić information content (AvgIpc) is 2.39. The van der Waals surface area contributed by atoms with Gasteiger partial charge in [0.25, 0.3) is 0 Å². The molecule has 1 aromatic carbocycles. The molecule has 0 aromatic heterocycles. The second-order valence-corrected chi connectivity index (χ2v) is 4.31.